The van der Waals surface area contributed by atoms with Crippen molar-refractivity contribution >= 4 is 6.40 Å². The summed E-state index contributed by atoms with van der Waals surface area (Å²) in [4.78, 5) is 3.74. The van der Waals surface area contributed by atoms with Gasteiger partial charge in [-0.1, -0.05) is 19.8 Å². The van der Waals surface area contributed by atoms with E-state index in [2.05, 4.69) is 26.9 Å². The monoisotopic (exact) mass is 211 g/mol. The predicted molar refractivity (Wildman–Crippen MR) is 56.8 cm³/mol. The van der Waals surface area contributed by atoms with E-state index in [1.165, 1.54) is 25.6 Å². The van der Waals surface area contributed by atoms with E-state index in [-0.39, 0.29) is 0 Å². The molecule has 5 nitrogen and oxygen atoms in total. The molecule has 0 aromatic carbocycles. The molecule has 1 aliphatic rings. The summed E-state index contributed by atoms with van der Waals surface area (Å²) in [5.41, 5.74) is 0. The Morgan fingerprint density at radius 1 is 1.40 bits per heavy atom. The van der Waals surface area contributed by atoms with Crippen molar-refractivity contribution in [3.05, 3.63) is 12.3 Å². The van der Waals surface area contributed by atoms with Crippen molar-refractivity contribution in [2.75, 3.05) is 13.2 Å². The van der Waals surface area contributed by atoms with Crippen LogP contribution in [0.4, 0.5) is 0 Å². The van der Waals surface area contributed by atoms with Gasteiger partial charge in [0.25, 0.3) is 0 Å². The van der Waals surface area contributed by atoms with Crippen LogP contribution in [0.2, 0.25) is 0 Å². The normalized spacial score (nSPS) is 13.1. The highest BCUT2D eigenvalue weighted by Gasteiger charge is 1.95. The lowest BCUT2D eigenvalue weighted by atomic mass is 10.2. The van der Waals surface area contributed by atoms with Crippen molar-refractivity contribution in [2.24, 2.45) is 4.99 Å². The second kappa shape index (κ2) is 7.96. The minimum atomic E-state index is 0.758. The number of hydrogen-bond donors (Lipinski definition) is 0. The average molecular weight is 211 g/mol. The van der Waals surface area contributed by atoms with E-state index in [0.717, 1.165) is 31.9 Å². The van der Waals surface area contributed by atoms with Gasteiger partial charge in [-0.3, -0.25) is 4.99 Å². The summed E-state index contributed by atoms with van der Waals surface area (Å²) in [6, 6.07) is 0. The maximum absolute atomic E-state index is 4.96. The molecule has 0 fully saturated rings. The van der Waals surface area contributed by atoms with Gasteiger partial charge in [-0.2, -0.15) is 0 Å². The van der Waals surface area contributed by atoms with Crippen molar-refractivity contribution in [3.8, 4) is 0 Å². The van der Waals surface area contributed by atoms with Gasteiger partial charge in [-0.15, -0.1) is 10.2 Å². The number of rotatable bonds is 4. The molecule has 0 unspecified atom stereocenters. The van der Waals surface area contributed by atoms with Gasteiger partial charge in [-0.05, 0) is 6.42 Å². The highest BCUT2D eigenvalue weighted by molar-refractivity contribution is 5.47. The number of nitrogens with zero attached hydrogens (tertiary/aromatic N) is 3. The molecule has 0 saturated heterocycles. The molecular formula is C10H17N3O2. The van der Waals surface area contributed by atoms with Crippen LogP contribution in [0.3, 0.4) is 0 Å². The van der Waals surface area contributed by atoms with Crippen LogP contribution < -0.4 is 0 Å². The van der Waals surface area contributed by atoms with Gasteiger partial charge in [0.2, 0.25) is 12.3 Å². The lowest BCUT2D eigenvalue weighted by Crippen LogP contribution is -1.84. The van der Waals surface area contributed by atoms with Crippen LogP contribution in [0.1, 0.15) is 32.1 Å². The van der Waals surface area contributed by atoms with Crippen LogP contribution in [0.5, 0.6) is 0 Å². The predicted octanol–water partition coefficient (Wildman–Crippen LogP) is 1.85. The summed E-state index contributed by atoms with van der Waals surface area (Å²) < 4.78 is 9.61. The topological polar surface area (TPSA) is 60.5 Å². The van der Waals surface area contributed by atoms with Crippen LogP contribution in [-0.2, 0) is 11.2 Å². The third-order valence-electron chi connectivity index (χ3n) is 1.89. The molecule has 2 rings (SSSR count). The Morgan fingerprint density at radius 2 is 2.33 bits per heavy atom. The lowest BCUT2D eigenvalue weighted by Gasteiger charge is -1.90. The molecule has 2 heterocycles. The van der Waals surface area contributed by atoms with Crippen LogP contribution in [0, 0.1) is 0 Å². The van der Waals surface area contributed by atoms with Crippen molar-refractivity contribution in [1.82, 2.24) is 10.2 Å². The third kappa shape index (κ3) is 5.83. The summed E-state index contributed by atoms with van der Waals surface area (Å²) in [7, 11) is 0. The van der Waals surface area contributed by atoms with E-state index in [1.54, 1.807) is 0 Å². The molecular weight excluding hydrogens is 194 g/mol. The van der Waals surface area contributed by atoms with Gasteiger partial charge >= 0.3 is 0 Å². The highest BCUT2D eigenvalue weighted by atomic mass is 16.5. The first-order valence-corrected chi connectivity index (χ1v) is 5.28. The van der Waals surface area contributed by atoms with Crippen LogP contribution in [0.25, 0.3) is 0 Å². The molecule has 1 aromatic rings. The first-order chi connectivity index (χ1) is 7.43. The zero-order valence-electron chi connectivity index (χ0n) is 9.06. The summed E-state index contributed by atoms with van der Waals surface area (Å²) in [5.74, 6) is 0.758. The Balaban J connectivity index is 0.000000187. The number of aryl methyl sites for hydroxylation is 1. The Hall–Kier alpha value is -1.39. The fourth-order valence-electron chi connectivity index (χ4n) is 1.09. The zero-order valence-corrected chi connectivity index (χ0v) is 9.06. The second-order valence-electron chi connectivity index (χ2n) is 3.17. The van der Waals surface area contributed by atoms with Gasteiger partial charge in [-0.25, -0.2) is 0 Å². The molecule has 0 aliphatic carbocycles. The summed E-state index contributed by atoms with van der Waals surface area (Å²) >= 11 is 0. The van der Waals surface area contributed by atoms with Crippen molar-refractivity contribution in [2.45, 2.75) is 32.6 Å². The standard InChI is InChI=1S/C7H12N2O.C3H5NO/c1-2-3-4-5-7-9-8-6-10-7;1-2-5-3-4-1/h6H,2-5H2,1H3;3H,1-2H2. The average Bonchev–Trinajstić information content (AvgIpc) is 2.94. The van der Waals surface area contributed by atoms with E-state index < -0.39 is 0 Å². The van der Waals surface area contributed by atoms with Gasteiger partial charge in [0.1, 0.15) is 6.61 Å². The molecule has 0 saturated carbocycles. The largest absolute Gasteiger partial charge is 0.482 e. The first kappa shape index (κ1) is 11.7. The number of unbranched alkanes of at least 4 members (excludes halogenated alkanes) is 2. The fraction of sp³-hybridized carbons (Fsp3) is 0.700. The van der Waals surface area contributed by atoms with Crippen LogP contribution >= 0.6 is 0 Å². The summed E-state index contributed by atoms with van der Waals surface area (Å²) in [6.45, 7) is 3.80. The quantitative estimate of drug-likeness (QED) is 0.713. The Kier molecular flexibility index (Phi) is 6.20. The summed E-state index contributed by atoms with van der Waals surface area (Å²) in [5, 5.41) is 7.36. The molecule has 15 heavy (non-hydrogen) atoms. The highest BCUT2D eigenvalue weighted by Crippen LogP contribution is 2.01. The molecule has 5 heteroatoms. The van der Waals surface area contributed by atoms with Crippen LogP contribution in [0.15, 0.2) is 15.8 Å². The first-order valence-electron chi connectivity index (χ1n) is 5.28. The van der Waals surface area contributed by atoms with Gasteiger partial charge < -0.3 is 9.15 Å². The summed E-state index contributed by atoms with van der Waals surface area (Å²) in [6.07, 6.45) is 7.41. The minimum Gasteiger partial charge on any atom is -0.482 e. The lowest BCUT2D eigenvalue weighted by molar-refractivity contribution is 0.361. The van der Waals surface area contributed by atoms with Crippen molar-refractivity contribution in [1.29, 1.82) is 0 Å². The van der Waals surface area contributed by atoms with Gasteiger partial charge in [0, 0.05) is 6.42 Å². The molecule has 0 amide bonds. The maximum Gasteiger partial charge on any atom is 0.216 e. The molecule has 84 valence electrons. The van der Waals surface area contributed by atoms with E-state index >= 15 is 0 Å². The Labute approximate surface area is 89.6 Å². The molecule has 0 atom stereocenters. The Bertz CT molecular complexity index is 254. The van der Waals surface area contributed by atoms with E-state index in [0.29, 0.717) is 0 Å². The molecule has 0 radical (unpaired) electrons. The number of aliphatic imine (C=N–C) groups is 1. The maximum atomic E-state index is 4.96. The van der Waals surface area contributed by atoms with E-state index in [9.17, 15) is 0 Å². The van der Waals surface area contributed by atoms with Crippen molar-refractivity contribution in [3.63, 3.8) is 0 Å². The number of hydrogen-bond acceptors (Lipinski definition) is 5. The molecule has 1 aliphatic heterocycles. The molecule has 0 spiro atoms. The zero-order chi connectivity index (χ0) is 10.8. The Morgan fingerprint density at radius 3 is 2.80 bits per heavy atom. The number of ether oxygens (including phenoxy) is 1. The van der Waals surface area contributed by atoms with E-state index in [4.69, 9.17) is 4.42 Å². The number of aromatic nitrogens is 2. The van der Waals surface area contributed by atoms with Gasteiger partial charge in [0.15, 0.2) is 6.40 Å². The third-order valence-corrected chi connectivity index (χ3v) is 1.89. The van der Waals surface area contributed by atoms with Gasteiger partial charge in [0.05, 0.1) is 6.54 Å². The van der Waals surface area contributed by atoms with Crippen LogP contribution in [-0.4, -0.2) is 29.7 Å². The minimum absolute atomic E-state index is 0.758. The second-order valence-corrected chi connectivity index (χ2v) is 3.17. The molecule has 0 N–H and O–H groups in total. The molecule has 0 bridgehead atoms. The SMILES string of the molecule is C1=NCCO1.CCCCCc1nnco1. The fourth-order valence-corrected chi connectivity index (χ4v) is 1.09. The van der Waals surface area contributed by atoms with E-state index in [1.807, 2.05) is 0 Å². The van der Waals surface area contributed by atoms with Crippen molar-refractivity contribution < 1.29 is 9.15 Å². The smallest absolute Gasteiger partial charge is 0.216 e. The molecule has 1 aromatic heterocycles.